The molecule has 0 saturated heterocycles. The number of hydrogen-bond donors (Lipinski definition) is 1. The van der Waals surface area contributed by atoms with Crippen LogP contribution in [0.1, 0.15) is 33.3 Å². The molecule has 1 aromatic rings. The monoisotopic (exact) mass is 268 g/mol. The van der Waals surface area contributed by atoms with Gasteiger partial charge in [-0.3, -0.25) is 4.90 Å². The van der Waals surface area contributed by atoms with Gasteiger partial charge in [0.1, 0.15) is 0 Å². The van der Waals surface area contributed by atoms with E-state index in [0.29, 0.717) is 11.8 Å². The normalized spacial score (nSPS) is 11.8. The maximum Gasteiger partial charge on any atom is 0.0410 e. The van der Waals surface area contributed by atoms with Gasteiger partial charge in [0.15, 0.2) is 0 Å². The first-order valence-electron chi connectivity index (χ1n) is 6.64. The second-order valence-electron chi connectivity index (χ2n) is 5.82. The molecule has 1 aromatic carbocycles. The summed E-state index contributed by atoms with van der Waals surface area (Å²) < 4.78 is 0. The standard InChI is InChI=1S/C15H25ClN2/c1-11(2)8-18(9-12(3)4)10-13-7-14(16)5-6-15(13)17/h5-7,11-12H,8-10,17H2,1-4H3. The third kappa shape index (κ3) is 5.28. The zero-order valence-corrected chi connectivity index (χ0v) is 12.7. The number of halogens is 1. The molecule has 0 radical (unpaired) electrons. The predicted octanol–water partition coefficient (Wildman–Crippen LogP) is 4.04. The van der Waals surface area contributed by atoms with Crippen molar-refractivity contribution in [2.45, 2.75) is 34.2 Å². The fraction of sp³-hybridized carbons (Fsp3) is 0.600. The maximum atomic E-state index is 6.04. The molecular formula is C15H25ClN2. The van der Waals surface area contributed by atoms with Gasteiger partial charge in [0.25, 0.3) is 0 Å². The first-order chi connectivity index (χ1) is 8.38. The Kier molecular flexibility index (Phi) is 5.97. The van der Waals surface area contributed by atoms with Crippen molar-refractivity contribution in [2.24, 2.45) is 11.8 Å². The number of benzene rings is 1. The predicted molar refractivity (Wildman–Crippen MR) is 80.8 cm³/mol. The smallest absolute Gasteiger partial charge is 0.0410 e. The minimum Gasteiger partial charge on any atom is -0.398 e. The fourth-order valence-electron chi connectivity index (χ4n) is 2.19. The molecular weight excluding hydrogens is 244 g/mol. The molecule has 0 aliphatic carbocycles. The molecule has 102 valence electrons. The van der Waals surface area contributed by atoms with Crippen molar-refractivity contribution in [3.8, 4) is 0 Å². The van der Waals surface area contributed by atoms with E-state index in [1.54, 1.807) is 0 Å². The lowest BCUT2D eigenvalue weighted by Gasteiger charge is -2.26. The van der Waals surface area contributed by atoms with Gasteiger partial charge in [-0.25, -0.2) is 0 Å². The van der Waals surface area contributed by atoms with Gasteiger partial charge in [0, 0.05) is 30.3 Å². The molecule has 0 atom stereocenters. The van der Waals surface area contributed by atoms with Gasteiger partial charge in [0.05, 0.1) is 0 Å². The Hall–Kier alpha value is -0.730. The van der Waals surface area contributed by atoms with E-state index in [1.807, 2.05) is 18.2 Å². The van der Waals surface area contributed by atoms with Crippen LogP contribution in [0.15, 0.2) is 18.2 Å². The van der Waals surface area contributed by atoms with Crippen LogP contribution >= 0.6 is 11.6 Å². The summed E-state index contributed by atoms with van der Waals surface area (Å²) in [6.07, 6.45) is 0. The Morgan fingerprint density at radius 3 is 2.17 bits per heavy atom. The van der Waals surface area contributed by atoms with E-state index in [0.717, 1.165) is 35.9 Å². The molecule has 0 aliphatic heterocycles. The quantitative estimate of drug-likeness (QED) is 0.789. The van der Waals surface area contributed by atoms with Crippen LogP contribution in [0.2, 0.25) is 5.02 Å². The topological polar surface area (TPSA) is 29.3 Å². The molecule has 3 heteroatoms. The second-order valence-corrected chi connectivity index (χ2v) is 6.26. The van der Waals surface area contributed by atoms with Crippen molar-refractivity contribution in [2.75, 3.05) is 18.8 Å². The van der Waals surface area contributed by atoms with E-state index < -0.39 is 0 Å². The Morgan fingerprint density at radius 1 is 1.11 bits per heavy atom. The highest BCUT2D eigenvalue weighted by Gasteiger charge is 2.12. The summed E-state index contributed by atoms with van der Waals surface area (Å²) in [5.41, 5.74) is 7.97. The zero-order valence-electron chi connectivity index (χ0n) is 11.9. The van der Waals surface area contributed by atoms with E-state index in [9.17, 15) is 0 Å². The molecule has 0 fully saturated rings. The number of anilines is 1. The summed E-state index contributed by atoms with van der Waals surface area (Å²) in [6, 6.07) is 5.71. The van der Waals surface area contributed by atoms with E-state index in [1.165, 1.54) is 0 Å². The van der Waals surface area contributed by atoms with E-state index in [4.69, 9.17) is 17.3 Å². The summed E-state index contributed by atoms with van der Waals surface area (Å²) in [7, 11) is 0. The van der Waals surface area contributed by atoms with Crippen molar-refractivity contribution in [3.05, 3.63) is 28.8 Å². The first kappa shape index (κ1) is 15.3. The van der Waals surface area contributed by atoms with Crippen LogP contribution in [-0.4, -0.2) is 18.0 Å². The van der Waals surface area contributed by atoms with Gasteiger partial charge in [-0.2, -0.15) is 0 Å². The van der Waals surface area contributed by atoms with Crippen LogP contribution in [0.3, 0.4) is 0 Å². The Bertz CT molecular complexity index is 365. The molecule has 0 heterocycles. The molecule has 0 unspecified atom stereocenters. The van der Waals surface area contributed by atoms with Gasteiger partial charge in [0.2, 0.25) is 0 Å². The van der Waals surface area contributed by atoms with Gasteiger partial charge in [-0.15, -0.1) is 0 Å². The molecule has 0 amide bonds. The molecule has 18 heavy (non-hydrogen) atoms. The average Bonchev–Trinajstić information content (AvgIpc) is 2.21. The molecule has 0 saturated carbocycles. The van der Waals surface area contributed by atoms with Crippen LogP contribution < -0.4 is 5.73 Å². The number of nitrogen functional groups attached to an aromatic ring is 1. The molecule has 0 aromatic heterocycles. The van der Waals surface area contributed by atoms with E-state index in [-0.39, 0.29) is 0 Å². The van der Waals surface area contributed by atoms with Gasteiger partial charge < -0.3 is 5.73 Å². The van der Waals surface area contributed by atoms with Crippen LogP contribution in [0.25, 0.3) is 0 Å². The number of nitrogens with two attached hydrogens (primary N) is 1. The number of hydrogen-bond acceptors (Lipinski definition) is 2. The summed E-state index contributed by atoms with van der Waals surface area (Å²) in [5.74, 6) is 1.31. The molecule has 1 rings (SSSR count). The Morgan fingerprint density at radius 2 is 1.67 bits per heavy atom. The lowest BCUT2D eigenvalue weighted by molar-refractivity contribution is 0.212. The number of nitrogens with zero attached hydrogens (tertiary/aromatic N) is 1. The first-order valence-corrected chi connectivity index (χ1v) is 7.02. The highest BCUT2D eigenvalue weighted by atomic mass is 35.5. The van der Waals surface area contributed by atoms with Gasteiger partial charge >= 0.3 is 0 Å². The summed E-state index contributed by atoms with van der Waals surface area (Å²) in [4.78, 5) is 2.46. The maximum absolute atomic E-state index is 6.04. The second kappa shape index (κ2) is 7.01. The minimum atomic E-state index is 0.657. The Balaban J connectivity index is 2.77. The highest BCUT2D eigenvalue weighted by Crippen LogP contribution is 2.20. The molecule has 0 aliphatic rings. The summed E-state index contributed by atoms with van der Waals surface area (Å²) >= 11 is 6.04. The highest BCUT2D eigenvalue weighted by molar-refractivity contribution is 6.30. The van der Waals surface area contributed by atoms with Crippen LogP contribution in [0.5, 0.6) is 0 Å². The third-order valence-electron chi connectivity index (χ3n) is 2.75. The molecule has 2 N–H and O–H groups in total. The third-order valence-corrected chi connectivity index (χ3v) is 2.98. The largest absolute Gasteiger partial charge is 0.398 e. The fourth-order valence-corrected chi connectivity index (χ4v) is 2.38. The van der Waals surface area contributed by atoms with Crippen LogP contribution in [0.4, 0.5) is 5.69 Å². The molecule has 0 spiro atoms. The Labute approximate surface area is 116 Å². The molecule has 2 nitrogen and oxygen atoms in total. The summed E-state index contributed by atoms with van der Waals surface area (Å²) in [5, 5.41) is 0.758. The van der Waals surface area contributed by atoms with Crippen molar-refractivity contribution in [1.82, 2.24) is 4.90 Å². The van der Waals surface area contributed by atoms with Crippen LogP contribution in [-0.2, 0) is 6.54 Å². The molecule has 0 bridgehead atoms. The van der Waals surface area contributed by atoms with Crippen molar-refractivity contribution >= 4 is 17.3 Å². The zero-order chi connectivity index (χ0) is 13.7. The van der Waals surface area contributed by atoms with E-state index >= 15 is 0 Å². The lowest BCUT2D eigenvalue weighted by atomic mass is 10.1. The van der Waals surface area contributed by atoms with Crippen molar-refractivity contribution < 1.29 is 0 Å². The summed E-state index contributed by atoms with van der Waals surface area (Å²) in [6.45, 7) is 12.0. The lowest BCUT2D eigenvalue weighted by Crippen LogP contribution is -2.31. The number of rotatable bonds is 6. The van der Waals surface area contributed by atoms with E-state index in [2.05, 4.69) is 32.6 Å². The van der Waals surface area contributed by atoms with Crippen LogP contribution in [0, 0.1) is 11.8 Å². The van der Waals surface area contributed by atoms with Gasteiger partial charge in [-0.1, -0.05) is 39.3 Å². The van der Waals surface area contributed by atoms with Crippen molar-refractivity contribution in [3.63, 3.8) is 0 Å². The van der Waals surface area contributed by atoms with Crippen molar-refractivity contribution in [1.29, 1.82) is 0 Å². The average molecular weight is 269 g/mol. The minimum absolute atomic E-state index is 0.657. The van der Waals surface area contributed by atoms with Gasteiger partial charge in [-0.05, 0) is 35.6 Å². The SMILES string of the molecule is CC(C)CN(Cc1cc(Cl)ccc1N)CC(C)C.